The van der Waals surface area contributed by atoms with Gasteiger partial charge < -0.3 is 9.47 Å². The van der Waals surface area contributed by atoms with E-state index in [1.165, 1.54) is 7.11 Å². The molecule has 2 aliphatic heterocycles. The Kier molecular flexibility index (Phi) is 4.97. The van der Waals surface area contributed by atoms with E-state index in [0.717, 1.165) is 25.7 Å². The molecule has 2 aliphatic rings. The van der Waals surface area contributed by atoms with Crippen molar-refractivity contribution in [3.8, 4) is 0 Å². The fourth-order valence-electron chi connectivity index (χ4n) is 2.63. The van der Waals surface area contributed by atoms with E-state index in [4.69, 9.17) is 13.7 Å². The molecular formula is C11H21NO5S. The number of hydrogen-bond donors (Lipinski definition) is 0. The van der Waals surface area contributed by atoms with Crippen LogP contribution in [0.25, 0.3) is 0 Å². The highest BCUT2D eigenvalue weighted by atomic mass is 32.2. The molecule has 0 radical (unpaired) electrons. The van der Waals surface area contributed by atoms with Crippen molar-refractivity contribution in [2.75, 3.05) is 33.5 Å². The van der Waals surface area contributed by atoms with Gasteiger partial charge in [-0.25, -0.2) is 0 Å². The van der Waals surface area contributed by atoms with Gasteiger partial charge in [-0.15, -0.1) is 0 Å². The molecule has 2 fully saturated rings. The second-order valence-corrected chi connectivity index (χ2v) is 6.25. The molecule has 0 aromatic carbocycles. The summed E-state index contributed by atoms with van der Waals surface area (Å²) in [5.74, 6) is 0. The second kappa shape index (κ2) is 6.29. The number of hydrogen-bond acceptors (Lipinski definition) is 5. The summed E-state index contributed by atoms with van der Waals surface area (Å²) in [7, 11) is -2.41. The molecule has 0 saturated carbocycles. The van der Waals surface area contributed by atoms with E-state index >= 15 is 0 Å². The van der Waals surface area contributed by atoms with Gasteiger partial charge in [-0.05, 0) is 25.7 Å². The van der Waals surface area contributed by atoms with Crippen molar-refractivity contribution >= 4 is 10.3 Å². The van der Waals surface area contributed by atoms with E-state index in [-0.39, 0.29) is 12.1 Å². The minimum Gasteiger partial charge on any atom is -0.381 e. The van der Waals surface area contributed by atoms with Crippen LogP contribution in [-0.2, 0) is 24.0 Å². The highest BCUT2D eigenvalue weighted by Crippen LogP contribution is 2.26. The molecule has 7 heteroatoms. The Morgan fingerprint density at radius 3 is 1.67 bits per heavy atom. The predicted molar refractivity (Wildman–Crippen MR) is 65.4 cm³/mol. The van der Waals surface area contributed by atoms with Crippen LogP contribution in [0.15, 0.2) is 0 Å². The Bertz CT molecular complexity index is 328. The van der Waals surface area contributed by atoms with Crippen LogP contribution in [0.1, 0.15) is 25.7 Å². The third-order valence-corrected chi connectivity index (χ3v) is 5.10. The van der Waals surface area contributed by atoms with Crippen molar-refractivity contribution < 1.29 is 22.1 Å². The Balaban J connectivity index is 2.15. The Labute approximate surface area is 108 Å². The summed E-state index contributed by atoms with van der Waals surface area (Å²) in [6.45, 7) is 2.46. The average molecular weight is 279 g/mol. The molecule has 2 heterocycles. The van der Waals surface area contributed by atoms with Crippen LogP contribution in [0.4, 0.5) is 0 Å². The fraction of sp³-hybridized carbons (Fsp3) is 1.00. The SMILES string of the molecule is COS(=O)(=O)N(C1CCOCC1)C1CCOCC1. The van der Waals surface area contributed by atoms with E-state index in [9.17, 15) is 8.42 Å². The monoisotopic (exact) mass is 279 g/mol. The topological polar surface area (TPSA) is 65.1 Å². The first-order valence-corrected chi connectivity index (χ1v) is 7.76. The Morgan fingerprint density at radius 2 is 1.33 bits per heavy atom. The van der Waals surface area contributed by atoms with Crippen LogP contribution >= 0.6 is 0 Å². The van der Waals surface area contributed by atoms with Gasteiger partial charge in [0.2, 0.25) is 0 Å². The van der Waals surface area contributed by atoms with E-state index < -0.39 is 10.3 Å². The smallest absolute Gasteiger partial charge is 0.338 e. The van der Waals surface area contributed by atoms with E-state index in [0.29, 0.717) is 26.4 Å². The van der Waals surface area contributed by atoms with Gasteiger partial charge in [-0.1, -0.05) is 0 Å². The number of rotatable bonds is 4. The maximum absolute atomic E-state index is 12.1. The standard InChI is InChI=1S/C11H21NO5S/c1-15-18(13,14)12(10-2-6-16-7-3-10)11-4-8-17-9-5-11/h10-11H,2-9H2,1H3. The van der Waals surface area contributed by atoms with Crippen molar-refractivity contribution in [1.82, 2.24) is 4.31 Å². The van der Waals surface area contributed by atoms with E-state index in [1.807, 2.05) is 0 Å². The van der Waals surface area contributed by atoms with Crippen LogP contribution < -0.4 is 0 Å². The molecule has 106 valence electrons. The van der Waals surface area contributed by atoms with Crippen molar-refractivity contribution in [2.45, 2.75) is 37.8 Å². The third-order valence-electron chi connectivity index (χ3n) is 3.57. The van der Waals surface area contributed by atoms with Gasteiger partial charge in [-0.3, -0.25) is 4.18 Å². The van der Waals surface area contributed by atoms with Crippen molar-refractivity contribution in [3.05, 3.63) is 0 Å². The summed E-state index contributed by atoms with van der Waals surface area (Å²) in [5, 5.41) is 0. The molecule has 6 nitrogen and oxygen atoms in total. The lowest BCUT2D eigenvalue weighted by Crippen LogP contribution is -2.51. The van der Waals surface area contributed by atoms with Gasteiger partial charge in [0, 0.05) is 38.5 Å². The maximum atomic E-state index is 12.1. The van der Waals surface area contributed by atoms with Gasteiger partial charge in [0.05, 0.1) is 7.11 Å². The molecule has 18 heavy (non-hydrogen) atoms. The van der Waals surface area contributed by atoms with Crippen LogP contribution in [0.2, 0.25) is 0 Å². The molecule has 0 N–H and O–H groups in total. The molecule has 0 aromatic heterocycles. The Hall–Kier alpha value is -0.210. The zero-order chi connectivity index (χ0) is 13.0. The molecular weight excluding hydrogens is 258 g/mol. The van der Waals surface area contributed by atoms with Gasteiger partial charge >= 0.3 is 10.3 Å². The number of nitrogens with zero attached hydrogens (tertiary/aromatic N) is 1. The van der Waals surface area contributed by atoms with Crippen molar-refractivity contribution in [3.63, 3.8) is 0 Å². The minimum atomic E-state index is -3.64. The molecule has 0 aliphatic carbocycles. The summed E-state index contributed by atoms with van der Waals surface area (Å²) < 4.78 is 41.1. The molecule has 0 aromatic rings. The largest absolute Gasteiger partial charge is 0.381 e. The lowest BCUT2D eigenvalue weighted by atomic mass is 10.0. The van der Waals surface area contributed by atoms with Crippen molar-refractivity contribution in [2.24, 2.45) is 0 Å². The average Bonchev–Trinajstić information content (AvgIpc) is 2.41. The first-order valence-electron chi connectivity index (χ1n) is 6.39. The summed E-state index contributed by atoms with van der Waals surface area (Å²) >= 11 is 0. The first-order chi connectivity index (χ1) is 8.65. The van der Waals surface area contributed by atoms with Crippen LogP contribution in [-0.4, -0.2) is 58.3 Å². The first kappa shape index (κ1) is 14.2. The highest BCUT2D eigenvalue weighted by molar-refractivity contribution is 7.84. The van der Waals surface area contributed by atoms with Crippen molar-refractivity contribution in [1.29, 1.82) is 0 Å². The highest BCUT2D eigenvalue weighted by Gasteiger charge is 2.37. The summed E-state index contributed by atoms with van der Waals surface area (Å²) in [5.41, 5.74) is 0. The second-order valence-electron chi connectivity index (χ2n) is 4.64. The van der Waals surface area contributed by atoms with E-state index in [2.05, 4.69) is 0 Å². The molecule has 0 amide bonds. The molecule has 2 saturated heterocycles. The summed E-state index contributed by atoms with van der Waals surface area (Å²) in [4.78, 5) is 0. The van der Waals surface area contributed by atoms with Gasteiger partial charge in [0.1, 0.15) is 0 Å². The maximum Gasteiger partial charge on any atom is 0.338 e. The molecule has 0 bridgehead atoms. The van der Waals surface area contributed by atoms with Crippen LogP contribution in [0.3, 0.4) is 0 Å². The lowest BCUT2D eigenvalue weighted by Gasteiger charge is -2.39. The molecule has 0 atom stereocenters. The quantitative estimate of drug-likeness (QED) is 0.751. The zero-order valence-corrected chi connectivity index (χ0v) is 11.5. The van der Waals surface area contributed by atoms with Gasteiger partial charge in [-0.2, -0.15) is 12.7 Å². The molecule has 0 unspecified atom stereocenters. The fourth-order valence-corrected chi connectivity index (χ4v) is 3.95. The Morgan fingerprint density at radius 1 is 0.944 bits per heavy atom. The normalized spacial score (nSPS) is 24.6. The molecule has 2 rings (SSSR count). The number of ether oxygens (including phenoxy) is 2. The van der Waals surface area contributed by atoms with Crippen LogP contribution in [0, 0.1) is 0 Å². The third kappa shape index (κ3) is 3.21. The van der Waals surface area contributed by atoms with Gasteiger partial charge in [0.15, 0.2) is 0 Å². The van der Waals surface area contributed by atoms with E-state index in [1.54, 1.807) is 4.31 Å². The lowest BCUT2D eigenvalue weighted by molar-refractivity contribution is 0.0130. The zero-order valence-electron chi connectivity index (χ0n) is 10.7. The summed E-state index contributed by atoms with van der Waals surface area (Å²) in [6, 6.07) is -0.0152. The van der Waals surface area contributed by atoms with Crippen LogP contribution in [0.5, 0.6) is 0 Å². The molecule has 0 spiro atoms. The predicted octanol–water partition coefficient (Wildman–Crippen LogP) is 0.538. The summed E-state index contributed by atoms with van der Waals surface area (Å²) in [6.07, 6.45) is 2.94. The minimum absolute atomic E-state index is 0.00759. The van der Waals surface area contributed by atoms with Gasteiger partial charge in [0.25, 0.3) is 0 Å².